The molecule has 7 nitrogen and oxygen atoms in total. The summed E-state index contributed by atoms with van der Waals surface area (Å²) in [6, 6.07) is 23.5. The minimum Gasteiger partial charge on any atom is -0.438 e. The second kappa shape index (κ2) is 9.89. The Bertz CT molecular complexity index is 1450. The zero-order valence-electron chi connectivity index (χ0n) is 20.2. The first kappa shape index (κ1) is 23.0. The van der Waals surface area contributed by atoms with Crippen molar-refractivity contribution in [3.63, 3.8) is 0 Å². The van der Waals surface area contributed by atoms with Gasteiger partial charge in [-0.25, -0.2) is 14.2 Å². The molecule has 0 radical (unpaired) electrons. The first-order valence-electron chi connectivity index (χ1n) is 12.4. The van der Waals surface area contributed by atoms with Gasteiger partial charge in [0.1, 0.15) is 11.6 Å². The zero-order chi connectivity index (χ0) is 25.2. The van der Waals surface area contributed by atoms with Gasteiger partial charge < -0.3 is 19.9 Å². The lowest BCUT2D eigenvalue weighted by Gasteiger charge is -2.32. The average molecular weight is 496 g/mol. The summed E-state index contributed by atoms with van der Waals surface area (Å²) in [7, 11) is 0. The number of rotatable bonds is 4. The van der Waals surface area contributed by atoms with Crippen molar-refractivity contribution in [1.82, 2.24) is 14.9 Å². The van der Waals surface area contributed by atoms with Gasteiger partial charge >= 0.3 is 6.03 Å². The van der Waals surface area contributed by atoms with E-state index >= 15 is 0 Å². The molecular weight excluding hydrogens is 469 g/mol. The molecule has 2 aliphatic rings. The molecule has 186 valence electrons. The van der Waals surface area contributed by atoms with Gasteiger partial charge in [0.05, 0.1) is 17.8 Å². The topological polar surface area (TPSA) is 70.6 Å². The molecule has 8 heteroatoms. The fourth-order valence-electron chi connectivity index (χ4n) is 4.80. The first-order valence-corrected chi connectivity index (χ1v) is 12.4. The minimum atomic E-state index is -0.392. The van der Waals surface area contributed by atoms with Gasteiger partial charge in [-0.2, -0.15) is 4.98 Å². The normalized spacial score (nSPS) is 14.5. The van der Waals surface area contributed by atoms with E-state index in [1.165, 1.54) is 23.3 Å². The Morgan fingerprint density at radius 1 is 0.865 bits per heavy atom. The van der Waals surface area contributed by atoms with Crippen LogP contribution in [-0.4, -0.2) is 34.0 Å². The quantitative estimate of drug-likeness (QED) is 0.401. The predicted octanol–water partition coefficient (Wildman–Crippen LogP) is 5.56. The van der Waals surface area contributed by atoms with E-state index in [-0.39, 0.29) is 6.03 Å². The molecule has 3 heterocycles. The van der Waals surface area contributed by atoms with E-state index in [9.17, 15) is 9.18 Å². The van der Waals surface area contributed by atoms with Gasteiger partial charge in [0.15, 0.2) is 0 Å². The lowest BCUT2D eigenvalue weighted by atomic mass is 10.0. The van der Waals surface area contributed by atoms with Crippen molar-refractivity contribution in [2.75, 3.05) is 23.3 Å². The maximum Gasteiger partial charge on any atom is 0.322 e. The van der Waals surface area contributed by atoms with Crippen molar-refractivity contribution in [1.29, 1.82) is 0 Å². The molecule has 1 N–H and O–H groups in total. The number of benzene rings is 3. The Morgan fingerprint density at radius 3 is 2.51 bits per heavy atom. The van der Waals surface area contributed by atoms with Gasteiger partial charge in [0.25, 0.3) is 0 Å². The molecule has 2 aliphatic heterocycles. The Labute approximate surface area is 214 Å². The largest absolute Gasteiger partial charge is 0.438 e. The molecule has 0 atom stereocenters. The highest BCUT2D eigenvalue weighted by atomic mass is 19.1. The maximum absolute atomic E-state index is 13.9. The van der Waals surface area contributed by atoms with E-state index in [0.717, 1.165) is 29.9 Å². The molecule has 0 bridgehead atoms. The summed E-state index contributed by atoms with van der Waals surface area (Å²) in [5.74, 6) is 0.891. The van der Waals surface area contributed by atoms with Gasteiger partial charge in [0, 0.05) is 37.8 Å². The monoisotopic (exact) mass is 495 g/mol. The van der Waals surface area contributed by atoms with E-state index in [2.05, 4.69) is 28.4 Å². The number of nitrogens with one attached hydrogen (secondary N) is 1. The van der Waals surface area contributed by atoms with Crippen LogP contribution in [0.15, 0.2) is 78.9 Å². The molecule has 0 spiro atoms. The third kappa shape index (κ3) is 4.95. The number of amides is 2. The molecule has 1 aromatic heterocycles. The van der Waals surface area contributed by atoms with E-state index in [4.69, 9.17) is 14.7 Å². The summed E-state index contributed by atoms with van der Waals surface area (Å²) in [6.45, 7) is 2.31. The maximum atomic E-state index is 13.9. The van der Waals surface area contributed by atoms with Crippen LogP contribution in [0.25, 0.3) is 0 Å². The van der Waals surface area contributed by atoms with Crippen LogP contribution >= 0.6 is 0 Å². The number of carbonyl (C=O) groups excluding carboxylic acids is 1. The van der Waals surface area contributed by atoms with Crippen molar-refractivity contribution >= 4 is 17.7 Å². The highest BCUT2D eigenvalue weighted by Crippen LogP contribution is 2.33. The average Bonchev–Trinajstić information content (AvgIpc) is 2.93. The number of anilines is 2. The zero-order valence-corrected chi connectivity index (χ0v) is 20.2. The van der Waals surface area contributed by atoms with Gasteiger partial charge in [-0.3, -0.25) is 0 Å². The lowest BCUT2D eigenvalue weighted by Crippen LogP contribution is -2.40. The molecule has 0 fully saturated rings. The summed E-state index contributed by atoms with van der Waals surface area (Å²) in [5.41, 5.74) is 4.91. The van der Waals surface area contributed by atoms with Crippen LogP contribution in [0, 0.1) is 5.82 Å². The number of aromatic nitrogens is 2. The highest BCUT2D eigenvalue weighted by molar-refractivity contribution is 5.89. The number of hydrogen-bond donors (Lipinski definition) is 1. The molecule has 6 rings (SSSR count). The smallest absolute Gasteiger partial charge is 0.322 e. The number of ether oxygens (including phenoxy) is 1. The van der Waals surface area contributed by atoms with E-state index < -0.39 is 5.82 Å². The fraction of sp³-hybridized carbons (Fsp3) is 0.207. The highest BCUT2D eigenvalue weighted by Gasteiger charge is 2.29. The Hall–Kier alpha value is -4.46. The molecule has 3 aromatic carbocycles. The second-order valence-corrected chi connectivity index (χ2v) is 9.22. The molecule has 37 heavy (non-hydrogen) atoms. The molecule has 0 saturated carbocycles. The number of urea groups is 1. The Morgan fingerprint density at radius 2 is 1.68 bits per heavy atom. The molecule has 0 unspecified atom stereocenters. The van der Waals surface area contributed by atoms with E-state index in [0.29, 0.717) is 43.6 Å². The number of fused-ring (bicyclic) bond motifs is 2. The van der Waals surface area contributed by atoms with Gasteiger partial charge in [0.2, 0.25) is 11.8 Å². The number of carbonyl (C=O) groups is 1. The summed E-state index contributed by atoms with van der Waals surface area (Å²) in [5, 5.41) is 2.94. The van der Waals surface area contributed by atoms with Crippen LogP contribution in [-0.2, 0) is 25.9 Å². The summed E-state index contributed by atoms with van der Waals surface area (Å²) >= 11 is 0. The molecule has 4 aromatic rings. The number of hydrogen-bond acceptors (Lipinski definition) is 5. The number of nitrogens with zero attached hydrogens (tertiary/aromatic N) is 4. The third-order valence-corrected chi connectivity index (χ3v) is 6.75. The number of para-hydroxylation sites is 1. The minimum absolute atomic E-state index is 0.203. The van der Waals surface area contributed by atoms with Crippen molar-refractivity contribution in [3.8, 4) is 11.6 Å². The van der Waals surface area contributed by atoms with Crippen LogP contribution in [0.5, 0.6) is 11.6 Å². The first-order chi connectivity index (χ1) is 18.1. The molecule has 0 saturated heterocycles. The van der Waals surface area contributed by atoms with Crippen molar-refractivity contribution in [3.05, 3.63) is 107 Å². The van der Waals surface area contributed by atoms with Crippen molar-refractivity contribution in [2.24, 2.45) is 0 Å². The lowest BCUT2D eigenvalue weighted by molar-refractivity contribution is 0.205. The van der Waals surface area contributed by atoms with Crippen molar-refractivity contribution in [2.45, 2.75) is 25.9 Å². The van der Waals surface area contributed by atoms with Crippen LogP contribution in [0.1, 0.15) is 22.4 Å². The summed E-state index contributed by atoms with van der Waals surface area (Å²) in [4.78, 5) is 26.6. The van der Waals surface area contributed by atoms with Crippen LogP contribution < -0.4 is 15.0 Å². The third-order valence-electron chi connectivity index (χ3n) is 6.75. The Balaban J connectivity index is 1.31. The van der Waals surface area contributed by atoms with Gasteiger partial charge in [-0.1, -0.05) is 48.5 Å². The molecule has 0 aliphatic carbocycles. The van der Waals surface area contributed by atoms with E-state index in [1.807, 2.05) is 36.4 Å². The second-order valence-electron chi connectivity index (χ2n) is 9.22. The van der Waals surface area contributed by atoms with Crippen LogP contribution in [0.3, 0.4) is 0 Å². The number of halogens is 1. The SMILES string of the molecule is O=C(Nc1ccccc1)N1CCc2nc(N3CCc4ccccc4C3)nc(Oc3cccc(F)c3)c2C1. The van der Waals surface area contributed by atoms with Crippen molar-refractivity contribution < 1.29 is 13.9 Å². The van der Waals surface area contributed by atoms with Crippen LogP contribution in [0.4, 0.5) is 20.8 Å². The van der Waals surface area contributed by atoms with E-state index in [1.54, 1.807) is 17.0 Å². The standard InChI is InChI=1S/C29H26FN5O2/c30-22-9-6-12-24(17-22)37-27-25-19-35(29(36)31-23-10-2-1-3-11-23)16-14-26(25)32-28(33-27)34-15-13-20-7-4-5-8-21(20)18-34/h1-12,17H,13-16,18-19H2,(H,31,36). The van der Waals surface area contributed by atoms with Crippen LogP contribution in [0.2, 0.25) is 0 Å². The fourth-order valence-corrected chi connectivity index (χ4v) is 4.80. The molecule has 2 amide bonds. The summed E-state index contributed by atoms with van der Waals surface area (Å²) < 4.78 is 20.0. The molecular formula is C29H26FN5O2. The summed E-state index contributed by atoms with van der Waals surface area (Å²) in [6.07, 6.45) is 1.47. The van der Waals surface area contributed by atoms with Gasteiger partial charge in [-0.05, 0) is 41.8 Å². The Kier molecular flexibility index (Phi) is 6.14. The predicted molar refractivity (Wildman–Crippen MR) is 139 cm³/mol. The van der Waals surface area contributed by atoms with Gasteiger partial charge in [-0.15, -0.1) is 0 Å².